The van der Waals surface area contributed by atoms with Crippen LogP contribution in [-0.4, -0.2) is 0 Å². The molecule has 0 amide bonds. The molecule has 0 bridgehead atoms. The predicted octanol–water partition coefficient (Wildman–Crippen LogP) is 14.3. The first-order chi connectivity index (χ1) is 21.1. The molecule has 0 aliphatic heterocycles. The molecule has 0 aromatic heterocycles. The van der Waals surface area contributed by atoms with Crippen LogP contribution in [0.5, 0.6) is 0 Å². The number of hydrogen-bond donors (Lipinski definition) is 0. The molecule has 226 valence electrons. The SMILES string of the molecule is CCCCCCCCC1(CCCCCCCC)c2cc(-c3ccc(Br)cc3)ccc2-c2ccc(-c3ccc(Br)cc3)cc21. The summed E-state index contributed by atoms with van der Waals surface area (Å²) in [6.45, 7) is 4.63. The quantitative estimate of drug-likeness (QED) is 0.102. The fourth-order valence-electron chi connectivity index (χ4n) is 7.22. The van der Waals surface area contributed by atoms with Crippen molar-refractivity contribution in [2.24, 2.45) is 0 Å². The summed E-state index contributed by atoms with van der Waals surface area (Å²) in [5, 5.41) is 0. The molecule has 1 aliphatic carbocycles. The average Bonchev–Trinajstić information content (AvgIpc) is 3.29. The molecule has 4 aromatic carbocycles. The smallest absolute Gasteiger partial charge is 0.0215 e. The Morgan fingerprint density at radius 2 is 0.767 bits per heavy atom. The van der Waals surface area contributed by atoms with Gasteiger partial charge in [-0.1, -0.05) is 171 Å². The summed E-state index contributed by atoms with van der Waals surface area (Å²) in [6.07, 6.45) is 18.5. The highest BCUT2D eigenvalue weighted by Crippen LogP contribution is 2.55. The predicted molar refractivity (Wildman–Crippen MR) is 195 cm³/mol. The minimum absolute atomic E-state index is 0.0664. The molecule has 0 saturated carbocycles. The van der Waals surface area contributed by atoms with Crippen LogP contribution in [0.4, 0.5) is 0 Å². The van der Waals surface area contributed by atoms with Gasteiger partial charge in [-0.2, -0.15) is 0 Å². The molecule has 0 atom stereocenters. The minimum atomic E-state index is 0.0664. The molecule has 0 unspecified atom stereocenters. The van der Waals surface area contributed by atoms with Crippen LogP contribution in [0.2, 0.25) is 0 Å². The zero-order valence-electron chi connectivity index (χ0n) is 26.2. The molecule has 0 nitrogen and oxygen atoms in total. The topological polar surface area (TPSA) is 0 Å². The van der Waals surface area contributed by atoms with E-state index in [1.54, 1.807) is 11.1 Å². The molecule has 2 heteroatoms. The largest absolute Gasteiger partial charge is 0.0654 e. The molecule has 0 spiro atoms. The second-order valence-electron chi connectivity index (χ2n) is 12.7. The Bertz CT molecular complexity index is 1340. The first-order valence-electron chi connectivity index (χ1n) is 16.9. The third-order valence-electron chi connectivity index (χ3n) is 9.63. The molecular formula is C41H48Br2. The van der Waals surface area contributed by atoms with Crippen LogP contribution < -0.4 is 0 Å². The van der Waals surface area contributed by atoms with Gasteiger partial charge in [0.1, 0.15) is 0 Å². The van der Waals surface area contributed by atoms with Gasteiger partial charge in [-0.25, -0.2) is 0 Å². The van der Waals surface area contributed by atoms with Gasteiger partial charge in [-0.05, 0) is 93.7 Å². The molecule has 0 radical (unpaired) electrons. The first-order valence-corrected chi connectivity index (χ1v) is 18.5. The van der Waals surface area contributed by atoms with E-state index in [9.17, 15) is 0 Å². The number of hydrogen-bond acceptors (Lipinski definition) is 0. The van der Waals surface area contributed by atoms with E-state index < -0.39 is 0 Å². The fourth-order valence-corrected chi connectivity index (χ4v) is 7.75. The molecule has 0 heterocycles. The number of rotatable bonds is 16. The summed E-state index contributed by atoms with van der Waals surface area (Å²) < 4.78 is 2.26. The van der Waals surface area contributed by atoms with Gasteiger partial charge in [0, 0.05) is 14.4 Å². The van der Waals surface area contributed by atoms with Gasteiger partial charge in [0.05, 0.1) is 0 Å². The number of fused-ring (bicyclic) bond motifs is 3. The Balaban J connectivity index is 1.56. The number of unbranched alkanes of at least 4 members (excludes halogenated alkanes) is 10. The van der Waals surface area contributed by atoms with E-state index in [0.29, 0.717) is 0 Å². The van der Waals surface area contributed by atoms with Crippen molar-refractivity contribution < 1.29 is 0 Å². The average molecular weight is 701 g/mol. The highest BCUT2D eigenvalue weighted by Gasteiger charge is 2.42. The van der Waals surface area contributed by atoms with E-state index in [0.717, 1.165) is 8.95 Å². The molecular weight excluding hydrogens is 652 g/mol. The van der Waals surface area contributed by atoms with Gasteiger partial charge < -0.3 is 0 Å². The third kappa shape index (κ3) is 7.74. The van der Waals surface area contributed by atoms with Crippen molar-refractivity contribution in [3.05, 3.63) is 105 Å². The van der Waals surface area contributed by atoms with E-state index in [1.807, 2.05) is 0 Å². The van der Waals surface area contributed by atoms with Crippen molar-refractivity contribution in [1.82, 2.24) is 0 Å². The van der Waals surface area contributed by atoms with E-state index in [2.05, 4.69) is 131 Å². The van der Waals surface area contributed by atoms with E-state index in [1.165, 1.54) is 123 Å². The third-order valence-corrected chi connectivity index (χ3v) is 10.7. The van der Waals surface area contributed by atoms with Crippen molar-refractivity contribution in [3.63, 3.8) is 0 Å². The van der Waals surface area contributed by atoms with E-state index in [-0.39, 0.29) is 5.41 Å². The van der Waals surface area contributed by atoms with Crippen LogP contribution >= 0.6 is 31.9 Å². The normalized spacial score (nSPS) is 13.2. The van der Waals surface area contributed by atoms with Crippen LogP contribution in [0.1, 0.15) is 115 Å². The van der Waals surface area contributed by atoms with Crippen LogP contribution in [-0.2, 0) is 5.41 Å². The maximum Gasteiger partial charge on any atom is 0.0215 e. The van der Waals surface area contributed by atoms with Gasteiger partial charge in [0.15, 0.2) is 0 Å². The Hall–Kier alpha value is -2.16. The first kappa shape index (κ1) is 32.2. The molecule has 43 heavy (non-hydrogen) atoms. The van der Waals surface area contributed by atoms with E-state index in [4.69, 9.17) is 0 Å². The lowest BCUT2D eigenvalue weighted by Crippen LogP contribution is -2.25. The zero-order chi connectivity index (χ0) is 30.1. The summed E-state index contributed by atoms with van der Waals surface area (Å²) in [7, 11) is 0. The summed E-state index contributed by atoms with van der Waals surface area (Å²) >= 11 is 7.27. The Kier molecular flexibility index (Phi) is 11.8. The van der Waals surface area contributed by atoms with Crippen LogP contribution in [0.15, 0.2) is 93.9 Å². The molecule has 4 aromatic rings. The summed E-state index contributed by atoms with van der Waals surface area (Å²) in [4.78, 5) is 0. The molecule has 0 fully saturated rings. The van der Waals surface area contributed by atoms with Gasteiger partial charge in [0.25, 0.3) is 0 Å². The highest BCUT2D eigenvalue weighted by molar-refractivity contribution is 9.10. The Morgan fingerprint density at radius 1 is 0.419 bits per heavy atom. The van der Waals surface area contributed by atoms with Crippen LogP contribution in [0, 0.1) is 0 Å². The molecule has 1 aliphatic rings. The standard InChI is InChI=1S/C41H48Br2/c1-3-5-7-9-11-13-27-41(28-14-12-10-8-6-4-2)39-29-33(31-15-21-35(42)22-16-31)19-25-37(39)38-26-20-34(30-40(38)41)32-17-23-36(43)24-18-32/h15-26,29-30H,3-14,27-28H2,1-2H3. The van der Waals surface area contributed by atoms with Gasteiger partial charge in [-0.15, -0.1) is 0 Å². The molecule has 5 rings (SSSR count). The lowest BCUT2D eigenvalue weighted by molar-refractivity contribution is 0.398. The van der Waals surface area contributed by atoms with Gasteiger partial charge in [-0.3, -0.25) is 0 Å². The fraction of sp³-hybridized carbons (Fsp3) is 0.415. The van der Waals surface area contributed by atoms with Crippen molar-refractivity contribution in [3.8, 4) is 33.4 Å². The molecule has 0 saturated heterocycles. The summed E-state index contributed by atoms with van der Waals surface area (Å²) in [6, 6.07) is 32.4. The second kappa shape index (κ2) is 15.7. The maximum atomic E-state index is 3.63. The van der Waals surface area contributed by atoms with Gasteiger partial charge in [0.2, 0.25) is 0 Å². The minimum Gasteiger partial charge on any atom is -0.0654 e. The summed E-state index contributed by atoms with van der Waals surface area (Å²) in [5.41, 5.74) is 11.4. The van der Waals surface area contributed by atoms with Crippen molar-refractivity contribution in [1.29, 1.82) is 0 Å². The van der Waals surface area contributed by atoms with E-state index >= 15 is 0 Å². The maximum absolute atomic E-state index is 3.63. The Morgan fingerprint density at radius 3 is 1.16 bits per heavy atom. The van der Waals surface area contributed by atoms with Gasteiger partial charge >= 0.3 is 0 Å². The van der Waals surface area contributed by atoms with Crippen molar-refractivity contribution in [2.45, 2.75) is 109 Å². The Labute approximate surface area is 278 Å². The molecule has 0 N–H and O–H groups in total. The second-order valence-corrected chi connectivity index (χ2v) is 14.5. The van der Waals surface area contributed by atoms with Crippen LogP contribution in [0.3, 0.4) is 0 Å². The summed E-state index contributed by atoms with van der Waals surface area (Å²) in [5.74, 6) is 0. The van der Waals surface area contributed by atoms with Crippen LogP contribution in [0.25, 0.3) is 33.4 Å². The lowest BCUT2D eigenvalue weighted by atomic mass is 9.70. The number of benzene rings is 4. The van der Waals surface area contributed by atoms with Crippen molar-refractivity contribution in [2.75, 3.05) is 0 Å². The zero-order valence-corrected chi connectivity index (χ0v) is 29.4. The monoisotopic (exact) mass is 698 g/mol. The number of halogens is 2. The lowest BCUT2D eigenvalue weighted by Gasteiger charge is -2.33. The van der Waals surface area contributed by atoms with Crippen molar-refractivity contribution >= 4 is 31.9 Å². The highest BCUT2D eigenvalue weighted by atomic mass is 79.9.